The molecule has 7 heteroatoms. The van der Waals surface area contributed by atoms with E-state index in [-0.39, 0.29) is 17.5 Å². The molecule has 0 saturated carbocycles. The van der Waals surface area contributed by atoms with E-state index in [0.717, 1.165) is 18.1 Å². The quantitative estimate of drug-likeness (QED) is 0.768. The second kappa shape index (κ2) is 7.10. The maximum atomic E-state index is 12.0. The van der Waals surface area contributed by atoms with Crippen LogP contribution in [0.1, 0.15) is 16.8 Å². The maximum Gasteiger partial charge on any atom is 0.335 e. The van der Waals surface area contributed by atoms with Crippen molar-refractivity contribution in [1.29, 1.82) is 0 Å². The molecular formula is C13H15BrN2O3S. The van der Waals surface area contributed by atoms with E-state index in [1.165, 1.54) is 12.1 Å². The van der Waals surface area contributed by atoms with Gasteiger partial charge in [0.2, 0.25) is 5.91 Å². The number of thioether (sulfide) groups is 1. The number of carbonyl (C=O) groups is 2. The summed E-state index contributed by atoms with van der Waals surface area (Å²) >= 11 is 5.07. The first-order chi connectivity index (χ1) is 9.54. The molecule has 1 heterocycles. The van der Waals surface area contributed by atoms with Crippen molar-refractivity contribution < 1.29 is 14.7 Å². The summed E-state index contributed by atoms with van der Waals surface area (Å²) in [6, 6.07) is 4.82. The number of hydrogen-bond acceptors (Lipinski definition) is 4. The van der Waals surface area contributed by atoms with Gasteiger partial charge in [-0.1, -0.05) is 15.9 Å². The Balaban J connectivity index is 1.98. The molecule has 0 spiro atoms. The molecule has 0 bridgehead atoms. The monoisotopic (exact) mass is 358 g/mol. The predicted molar refractivity (Wildman–Crippen MR) is 83.5 cm³/mol. The second-order valence-corrected chi connectivity index (χ2v) is 6.58. The van der Waals surface area contributed by atoms with Gasteiger partial charge in [0.1, 0.15) is 0 Å². The van der Waals surface area contributed by atoms with Crippen molar-refractivity contribution in [3.63, 3.8) is 0 Å². The van der Waals surface area contributed by atoms with Crippen molar-refractivity contribution in [2.75, 3.05) is 23.4 Å². The smallest absolute Gasteiger partial charge is 0.335 e. The Hall–Kier alpha value is -1.05. The Morgan fingerprint density at radius 2 is 2.25 bits per heavy atom. The highest BCUT2D eigenvalue weighted by molar-refractivity contribution is 9.10. The van der Waals surface area contributed by atoms with E-state index < -0.39 is 5.97 Å². The number of hydrogen-bond donors (Lipinski definition) is 3. The second-order valence-electron chi connectivity index (χ2n) is 4.51. The molecule has 2 rings (SSSR count). The minimum absolute atomic E-state index is 0.112. The molecule has 0 radical (unpaired) electrons. The van der Waals surface area contributed by atoms with Crippen molar-refractivity contribution in [3.05, 3.63) is 28.2 Å². The first-order valence-electron chi connectivity index (χ1n) is 6.19. The van der Waals surface area contributed by atoms with Gasteiger partial charge in [-0.05, 0) is 18.2 Å². The topological polar surface area (TPSA) is 78.4 Å². The van der Waals surface area contributed by atoms with E-state index in [9.17, 15) is 9.59 Å². The van der Waals surface area contributed by atoms with Crippen LogP contribution in [0.4, 0.5) is 5.69 Å². The minimum atomic E-state index is -1.02. The number of rotatable bonds is 4. The Kier molecular flexibility index (Phi) is 5.45. The van der Waals surface area contributed by atoms with Gasteiger partial charge in [0, 0.05) is 40.7 Å². The fraction of sp³-hybridized carbons (Fsp3) is 0.385. The SMILES string of the molecule is O=C(CC1CSCCN1)Nc1cc(Br)cc(C(=O)O)c1. The number of carboxylic acids is 1. The fourth-order valence-electron chi connectivity index (χ4n) is 1.97. The largest absolute Gasteiger partial charge is 0.478 e. The molecule has 5 nitrogen and oxygen atoms in total. The summed E-state index contributed by atoms with van der Waals surface area (Å²) in [7, 11) is 0. The van der Waals surface area contributed by atoms with Crippen molar-refractivity contribution in [1.82, 2.24) is 5.32 Å². The number of aromatic carboxylic acids is 1. The van der Waals surface area contributed by atoms with Gasteiger partial charge < -0.3 is 15.7 Å². The average Bonchev–Trinajstić information content (AvgIpc) is 2.38. The van der Waals surface area contributed by atoms with Gasteiger partial charge in [0.25, 0.3) is 0 Å². The number of benzene rings is 1. The zero-order valence-corrected chi connectivity index (χ0v) is 13.1. The van der Waals surface area contributed by atoms with Crippen LogP contribution in [-0.4, -0.2) is 41.1 Å². The van der Waals surface area contributed by atoms with Crippen LogP contribution in [-0.2, 0) is 4.79 Å². The van der Waals surface area contributed by atoms with E-state index in [2.05, 4.69) is 26.6 Å². The van der Waals surface area contributed by atoms with Crippen LogP contribution in [0.3, 0.4) is 0 Å². The summed E-state index contributed by atoms with van der Waals surface area (Å²) in [5.41, 5.74) is 0.631. The van der Waals surface area contributed by atoms with Crippen molar-refractivity contribution in [3.8, 4) is 0 Å². The highest BCUT2D eigenvalue weighted by Crippen LogP contribution is 2.20. The molecule has 1 saturated heterocycles. The van der Waals surface area contributed by atoms with Crippen LogP contribution >= 0.6 is 27.7 Å². The number of carbonyl (C=O) groups excluding carboxylic acids is 1. The molecule has 20 heavy (non-hydrogen) atoms. The van der Waals surface area contributed by atoms with Gasteiger partial charge in [0.05, 0.1) is 5.56 Å². The van der Waals surface area contributed by atoms with Crippen molar-refractivity contribution in [2.45, 2.75) is 12.5 Å². The van der Waals surface area contributed by atoms with E-state index in [1.807, 2.05) is 11.8 Å². The van der Waals surface area contributed by atoms with Gasteiger partial charge in [-0.15, -0.1) is 0 Å². The minimum Gasteiger partial charge on any atom is -0.478 e. The van der Waals surface area contributed by atoms with Gasteiger partial charge in [-0.2, -0.15) is 11.8 Å². The van der Waals surface area contributed by atoms with Crippen LogP contribution in [0.15, 0.2) is 22.7 Å². The third kappa shape index (κ3) is 4.50. The van der Waals surface area contributed by atoms with Crippen LogP contribution in [0.5, 0.6) is 0 Å². The lowest BCUT2D eigenvalue weighted by molar-refractivity contribution is -0.116. The lowest BCUT2D eigenvalue weighted by Crippen LogP contribution is -2.39. The molecule has 0 aromatic heterocycles. The van der Waals surface area contributed by atoms with E-state index in [0.29, 0.717) is 16.6 Å². The van der Waals surface area contributed by atoms with Gasteiger partial charge >= 0.3 is 5.97 Å². The Labute approximate surface area is 129 Å². The molecule has 1 aliphatic heterocycles. The Morgan fingerprint density at radius 1 is 1.45 bits per heavy atom. The highest BCUT2D eigenvalue weighted by Gasteiger charge is 2.17. The summed E-state index contributed by atoms with van der Waals surface area (Å²) in [5.74, 6) is 0.865. The fourth-order valence-corrected chi connectivity index (χ4v) is 3.41. The van der Waals surface area contributed by atoms with Crippen LogP contribution in [0, 0.1) is 0 Å². The highest BCUT2D eigenvalue weighted by atomic mass is 79.9. The molecule has 3 N–H and O–H groups in total. The van der Waals surface area contributed by atoms with Crippen LogP contribution in [0.2, 0.25) is 0 Å². The summed E-state index contributed by atoms with van der Waals surface area (Å²) in [5, 5.41) is 15.0. The Morgan fingerprint density at radius 3 is 2.90 bits per heavy atom. The third-order valence-electron chi connectivity index (χ3n) is 2.86. The number of amides is 1. The van der Waals surface area contributed by atoms with Crippen molar-refractivity contribution >= 4 is 45.3 Å². The standard InChI is InChI=1S/C13H15BrN2O3S/c14-9-3-8(13(18)19)4-10(5-9)16-12(17)6-11-7-20-2-1-15-11/h3-5,11,15H,1-2,6-7H2,(H,16,17)(H,18,19). The zero-order valence-electron chi connectivity index (χ0n) is 10.7. The molecular weight excluding hydrogens is 344 g/mol. The average molecular weight is 359 g/mol. The lowest BCUT2D eigenvalue weighted by Gasteiger charge is -2.22. The van der Waals surface area contributed by atoms with Crippen molar-refractivity contribution in [2.24, 2.45) is 0 Å². The van der Waals surface area contributed by atoms with Crippen LogP contribution in [0.25, 0.3) is 0 Å². The molecule has 1 aliphatic rings. The van der Waals surface area contributed by atoms with Gasteiger partial charge in [0.15, 0.2) is 0 Å². The lowest BCUT2D eigenvalue weighted by atomic mass is 10.2. The molecule has 1 amide bonds. The number of halogens is 1. The summed E-state index contributed by atoms with van der Waals surface area (Å²) < 4.78 is 0.624. The summed E-state index contributed by atoms with van der Waals surface area (Å²) in [6.07, 6.45) is 0.391. The molecule has 108 valence electrons. The normalized spacial score (nSPS) is 18.6. The molecule has 1 aromatic rings. The number of anilines is 1. The predicted octanol–water partition coefficient (Wildman–Crippen LogP) is 2.18. The van der Waals surface area contributed by atoms with Gasteiger partial charge in [-0.3, -0.25) is 4.79 Å². The molecule has 1 unspecified atom stereocenters. The molecule has 0 aliphatic carbocycles. The first kappa shape index (κ1) is 15.3. The van der Waals surface area contributed by atoms with Crippen LogP contribution < -0.4 is 10.6 Å². The summed E-state index contributed by atoms with van der Waals surface area (Å²) in [4.78, 5) is 22.9. The number of nitrogens with one attached hydrogen (secondary N) is 2. The van der Waals surface area contributed by atoms with E-state index >= 15 is 0 Å². The molecule has 1 aromatic carbocycles. The maximum absolute atomic E-state index is 12.0. The molecule has 1 atom stereocenters. The molecule has 1 fully saturated rings. The third-order valence-corrected chi connectivity index (χ3v) is 4.45. The first-order valence-corrected chi connectivity index (χ1v) is 8.14. The number of carboxylic acid groups (broad SMARTS) is 1. The Bertz CT molecular complexity index is 518. The summed E-state index contributed by atoms with van der Waals surface area (Å²) in [6.45, 7) is 0.919. The zero-order chi connectivity index (χ0) is 14.5. The van der Waals surface area contributed by atoms with E-state index in [4.69, 9.17) is 5.11 Å². The van der Waals surface area contributed by atoms with Gasteiger partial charge in [-0.25, -0.2) is 4.79 Å². The van der Waals surface area contributed by atoms with E-state index in [1.54, 1.807) is 6.07 Å².